The maximum absolute atomic E-state index is 12.8. The van der Waals surface area contributed by atoms with Gasteiger partial charge in [-0.2, -0.15) is 0 Å². The summed E-state index contributed by atoms with van der Waals surface area (Å²) >= 11 is 1.62. The zero-order valence-electron chi connectivity index (χ0n) is 14.2. The minimum atomic E-state index is -0.0829. The highest BCUT2D eigenvalue weighted by Crippen LogP contribution is 2.21. The molecule has 1 fully saturated rings. The van der Waals surface area contributed by atoms with Gasteiger partial charge in [0.05, 0.1) is 6.26 Å². The van der Waals surface area contributed by atoms with E-state index in [4.69, 9.17) is 9.15 Å². The minimum Gasteiger partial charge on any atom is -0.489 e. The monoisotopic (exact) mass is 369 g/mol. The molecule has 1 amide bonds. The first-order chi connectivity index (χ1) is 12.8. The highest BCUT2D eigenvalue weighted by atomic mass is 32.1. The van der Waals surface area contributed by atoms with E-state index in [0.29, 0.717) is 25.5 Å². The number of anilines is 1. The van der Waals surface area contributed by atoms with Gasteiger partial charge in [-0.05, 0) is 18.2 Å². The number of thiazole rings is 1. The molecule has 0 atom stereocenters. The lowest BCUT2D eigenvalue weighted by Crippen LogP contribution is -2.48. The van der Waals surface area contributed by atoms with Crippen molar-refractivity contribution < 1.29 is 13.9 Å². The number of piperazine rings is 1. The molecular weight excluding hydrogens is 350 g/mol. The highest BCUT2D eigenvalue weighted by Gasteiger charge is 2.26. The third kappa shape index (κ3) is 3.57. The van der Waals surface area contributed by atoms with E-state index >= 15 is 0 Å². The molecule has 0 radical (unpaired) electrons. The van der Waals surface area contributed by atoms with Crippen LogP contribution in [0.2, 0.25) is 0 Å². The van der Waals surface area contributed by atoms with Crippen LogP contribution in [0.4, 0.5) is 5.13 Å². The Morgan fingerprint density at radius 3 is 2.69 bits per heavy atom. The van der Waals surface area contributed by atoms with Gasteiger partial charge in [0.2, 0.25) is 0 Å². The number of amides is 1. The van der Waals surface area contributed by atoms with E-state index in [1.54, 1.807) is 29.9 Å². The molecule has 26 heavy (non-hydrogen) atoms. The van der Waals surface area contributed by atoms with Gasteiger partial charge in [-0.1, -0.05) is 18.2 Å². The SMILES string of the molecule is O=C(c1occc1COc1ccccc1)N1CCN(c2nccs2)CC1. The second-order valence-electron chi connectivity index (χ2n) is 5.97. The van der Waals surface area contributed by atoms with Gasteiger partial charge in [-0.15, -0.1) is 11.3 Å². The van der Waals surface area contributed by atoms with Crippen LogP contribution in [0.25, 0.3) is 0 Å². The summed E-state index contributed by atoms with van der Waals surface area (Å²) in [4.78, 5) is 21.2. The van der Waals surface area contributed by atoms with Gasteiger partial charge in [-0.3, -0.25) is 4.79 Å². The van der Waals surface area contributed by atoms with Crippen molar-refractivity contribution in [1.29, 1.82) is 0 Å². The fourth-order valence-corrected chi connectivity index (χ4v) is 3.63. The lowest BCUT2D eigenvalue weighted by molar-refractivity contribution is 0.0711. The van der Waals surface area contributed by atoms with Crippen LogP contribution in [-0.4, -0.2) is 42.0 Å². The Morgan fingerprint density at radius 2 is 1.96 bits per heavy atom. The van der Waals surface area contributed by atoms with Crippen molar-refractivity contribution >= 4 is 22.4 Å². The van der Waals surface area contributed by atoms with Crippen LogP contribution in [0.3, 0.4) is 0 Å². The van der Waals surface area contributed by atoms with Crippen LogP contribution in [0.5, 0.6) is 5.75 Å². The Balaban J connectivity index is 1.37. The molecular formula is C19H19N3O3S. The maximum atomic E-state index is 12.8. The summed E-state index contributed by atoms with van der Waals surface area (Å²) in [7, 11) is 0. The van der Waals surface area contributed by atoms with Crippen LogP contribution < -0.4 is 9.64 Å². The third-order valence-corrected chi connectivity index (χ3v) is 5.17. The van der Waals surface area contributed by atoms with Crippen molar-refractivity contribution in [2.75, 3.05) is 31.1 Å². The van der Waals surface area contributed by atoms with Crippen LogP contribution in [0.15, 0.2) is 58.7 Å². The van der Waals surface area contributed by atoms with Gasteiger partial charge in [0.25, 0.3) is 5.91 Å². The molecule has 1 saturated heterocycles. The summed E-state index contributed by atoms with van der Waals surface area (Å²) in [5.74, 6) is 1.05. The molecule has 4 rings (SSSR count). The average molecular weight is 369 g/mol. The highest BCUT2D eigenvalue weighted by molar-refractivity contribution is 7.13. The first-order valence-corrected chi connectivity index (χ1v) is 9.37. The van der Waals surface area contributed by atoms with E-state index in [1.165, 1.54) is 0 Å². The summed E-state index contributed by atoms with van der Waals surface area (Å²) < 4.78 is 11.2. The first-order valence-electron chi connectivity index (χ1n) is 8.49. The van der Waals surface area contributed by atoms with Gasteiger partial charge < -0.3 is 19.0 Å². The van der Waals surface area contributed by atoms with Crippen LogP contribution in [0.1, 0.15) is 16.1 Å². The van der Waals surface area contributed by atoms with E-state index in [0.717, 1.165) is 29.5 Å². The van der Waals surface area contributed by atoms with Crippen molar-refractivity contribution in [3.05, 3.63) is 65.6 Å². The van der Waals surface area contributed by atoms with Crippen molar-refractivity contribution in [1.82, 2.24) is 9.88 Å². The van der Waals surface area contributed by atoms with Crippen LogP contribution in [-0.2, 0) is 6.61 Å². The van der Waals surface area contributed by atoms with E-state index in [2.05, 4.69) is 9.88 Å². The summed E-state index contributed by atoms with van der Waals surface area (Å²) in [6.45, 7) is 3.16. The second kappa shape index (κ2) is 7.61. The predicted molar refractivity (Wildman–Crippen MR) is 99.7 cm³/mol. The molecule has 134 valence electrons. The molecule has 1 aromatic carbocycles. The number of carbonyl (C=O) groups is 1. The molecule has 0 N–H and O–H groups in total. The van der Waals surface area contributed by atoms with Gasteiger partial charge in [0.15, 0.2) is 10.9 Å². The third-order valence-electron chi connectivity index (χ3n) is 4.34. The smallest absolute Gasteiger partial charge is 0.290 e. The van der Waals surface area contributed by atoms with E-state index < -0.39 is 0 Å². The fourth-order valence-electron chi connectivity index (χ4n) is 2.93. The molecule has 0 bridgehead atoms. The number of aromatic nitrogens is 1. The Bertz CT molecular complexity index is 840. The van der Waals surface area contributed by atoms with Gasteiger partial charge in [0, 0.05) is 43.3 Å². The summed E-state index contributed by atoms with van der Waals surface area (Å²) in [5, 5.41) is 2.97. The normalized spacial score (nSPS) is 14.5. The van der Waals surface area contributed by atoms with Crippen molar-refractivity contribution in [3.8, 4) is 5.75 Å². The number of furan rings is 1. The molecule has 6 nitrogen and oxygen atoms in total. The maximum Gasteiger partial charge on any atom is 0.290 e. The zero-order chi connectivity index (χ0) is 17.8. The predicted octanol–water partition coefficient (Wildman–Crippen LogP) is 3.28. The largest absolute Gasteiger partial charge is 0.489 e. The summed E-state index contributed by atoms with van der Waals surface area (Å²) in [6, 6.07) is 11.3. The second-order valence-corrected chi connectivity index (χ2v) is 6.84. The number of nitrogens with zero attached hydrogens (tertiary/aromatic N) is 3. The number of carbonyl (C=O) groups excluding carboxylic acids is 1. The standard InChI is InChI=1S/C19H19N3O3S/c23-18(21-8-10-22(11-9-21)19-20-7-13-26-19)17-15(6-12-24-17)14-25-16-4-2-1-3-5-16/h1-7,12-13H,8-11,14H2. The molecule has 7 heteroatoms. The fraction of sp³-hybridized carbons (Fsp3) is 0.263. The number of benzene rings is 1. The quantitative estimate of drug-likeness (QED) is 0.691. The Labute approximate surface area is 155 Å². The lowest BCUT2D eigenvalue weighted by Gasteiger charge is -2.34. The molecule has 2 aromatic heterocycles. The number of para-hydroxylation sites is 1. The topological polar surface area (TPSA) is 58.8 Å². The zero-order valence-corrected chi connectivity index (χ0v) is 15.0. The van der Waals surface area contributed by atoms with Crippen molar-refractivity contribution in [2.24, 2.45) is 0 Å². The molecule has 1 aliphatic rings. The Hall–Kier alpha value is -2.80. The molecule has 0 saturated carbocycles. The molecule has 1 aliphatic heterocycles. The molecule has 0 aliphatic carbocycles. The van der Waals surface area contributed by atoms with Gasteiger partial charge in [-0.25, -0.2) is 4.98 Å². The van der Waals surface area contributed by atoms with E-state index in [1.807, 2.05) is 40.6 Å². The van der Waals surface area contributed by atoms with Crippen molar-refractivity contribution in [3.63, 3.8) is 0 Å². The number of ether oxygens (including phenoxy) is 1. The number of hydrogen-bond acceptors (Lipinski definition) is 6. The van der Waals surface area contributed by atoms with E-state index in [9.17, 15) is 4.79 Å². The summed E-state index contributed by atoms with van der Waals surface area (Å²) in [5.41, 5.74) is 0.765. The Morgan fingerprint density at radius 1 is 1.15 bits per heavy atom. The Kier molecular flexibility index (Phi) is 4.88. The average Bonchev–Trinajstić information content (AvgIpc) is 3.39. The molecule has 3 heterocycles. The summed E-state index contributed by atoms with van der Waals surface area (Å²) in [6.07, 6.45) is 3.35. The van der Waals surface area contributed by atoms with Crippen LogP contribution in [0, 0.1) is 0 Å². The van der Waals surface area contributed by atoms with Gasteiger partial charge in [0.1, 0.15) is 12.4 Å². The lowest BCUT2D eigenvalue weighted by atomic mass is 10.2. The molecule has 3 aromatic rings. The van der Waals surface area contributed by atoms with Crippen molar-refractivity contribution in [2.45, 2.75) is 6.61 Å². The molecule has 0 spiro atoms. The number of rotatable bonds is 5. The first kappa shape index (κ1) is 16.7. The van der Waals surface area contributed by atoms with Crippen LogP contribution >= 0.6 is 11.3 Å². The number of hydrogen-bond donors (Lipinski definition) is 0. The molecule has 0 unspecified atom stereocenters. The minimum absolute atomic E-state index is 0.0829. The van der Waals surface area contributed by atoms with E-state index in [-0.39, 0.29) is 5.91 Å². The van der Waals surface area contributed by atoms with Gasteiger partial charge >= 0.3 is 0 Å².